The Bertz CT molecular complexity index is 478. The number of rotatable bonds is 2. The van der Waals surface area contributed by atoms with Crippen LogP contribution in [0.3, 0.4) is 0 Å². The largest absolute Gasteiger partial charge is 0.342 e. The number of nitrogens with one attached hydrogen (secondary N) is 1. The van der Waals surface area contributed by atoms with Crippen molar-refractivity contribution in [2.45, 2.75) is 18.9 Å². The smallest absolute Gasteiger partial charge is 0.251 e. The Morgan fingerprint density at radius 2 is 2.06 bits per heavy atom. The maximum atomic E-state index is 12.1. The summed E-state index contributed by atoms with van der Waals surface area (Å²) < 4.78 is 0. The van der Waals surface area contributed by atoms with Crippen LogP contribution in [0.15, 0.2) is 53.5 Å². The van der Waals surface area contributed by atoms with Crippen LogP contribution in [0.2, 0.25) is 0 Å². The normalized spacial score (nSPS) is 23.1. The summed E-state index contributed by atoms with van der Waals surface area (Å²) in [4.78, 5) is 12.9. The SMILES string of the molecule is CC1(NC(=O)c2ccccc2)CC=CC=C1S. The summed E-state index contributed by atoms with van der Waals surface area (Å²) in [6.45, 7) is 1.98. The van der Waals surface area contributed by atoms with Crippen molar-refractivity contribution in [1.29, 1.82) is 0 Å². The molecule has 1 amide bonds. The number of thiol groups is 1. The lowest BCUT2D eigenvalue weighted by Crippen LogP contribution is -2.46. The van der Waals surface area contributed by atoms with E-state index in [9.17, 15) is 4.79 Å². The van der Waals surface area contributed by atoms with Gasteiger partial charge in [-0.15, -0.1) is 12.6 Å². The summed E-state index contributed by atoms with van der Waals surface area (Å²) in [5, 5.41) is 3.03. The van der Waals surface area contributed by atoms with E-state index in [0.29, 0.717) is 5.56 Å². The van der Waals surface area contributed by atoms with E-state index in [1.165, 1.54) is 0 Å². The van der Waals surface area contributed by atoms with Gasteiger partial charge in [-0.1, -0.05) is 36.4 Å². The zero-order valence-corrected chi connectivity index (χ0v) is 10.6. The second-order valence-corrected chi connectivity index (χ2v) is 4.82. The Morgan fingerprint density at radius 3 is 2.71 bits per heavy atom. The number of hydrogen-bond donors (Lipinski definition) is 2. The van der Waals surface area contributed by atoms with Gasteiger partial charge < -0.3 is 5.32 Å². The van der Waals surface area contributed by atoms with Crippen LogP contribution in [-0.2, 0) is 0 Å². The molecular formula is C14H15NOS. The van der Waals surface area contributed by atoms with Crippen molar-refractivity contribution >= 4 is 18.5 Å². The molecular weight excluding hydrogens is 230 g/mol. The van der Waals surface area contributed by atoms with Crippen LogP contribution in [0.4, 0.5) is 0 Å². The van der Waals surface area contributed by atoms with Gasteiger partial charge in [-0.25, -0.2) is 0 Å². The highest BCUT2D eigenvalue weighted by Crippen LogP contribution is 2.28. The van der Waals surface area contributed by atoms with Crippen molar-refractivity contribution in [1.82, 2.24) is 5.32 Å². The minimum absolute atomic E-state index is 0.0663. The van der Waals surface area contributed by atoms with Crippen LogP contribution in [0.1, 0.15) is 23.7 Å². The average molecular weight is 245 g/mol. The molecule has 0 bridgehead atoms. The molecule has 1 aromatic carbocycles. The molecule has 3 heteroatoms. The van der Waals surface area contributed by atoms with Gasteiger partial charge in [-0.2, -0.15) is 0 Å². The average Bonchev–Trinajstić information content (AvgIpc) is 2.34. The van der Waals surface area contributed by atoms with Gasteiger partial charge in [0.25, 0.3) is 5.91 Å². The van der Waals surface area contributed by atoms with Crippen molar-refractivity contribution < 1.29 is 4.79 Å². The third-order valence-electron chi connectivity index (χ3n) is 2.91. The molecule has 1 unspecified atom stereocenters. The zero-order chi connectivity index (χ0) is 12.3. The molecule has 1 aromatic rings. The third-order valence-corrected chi connectivity index (χ3v) is 3.55. The third kappa shape index (κ3) is 2.61. The molecule has 0 aliphatic heterocycles. The Kier molecular flexibility index (Phi) is 3.38. The number of carbonyl (C=O) groups excluding carboxylic acids is 1. The Labute approximate surface area is 107 Å². The number of carbonyl (C=O) groups is 1. The molecule has 0 radical (unpaired) electrons. The van der Waals surface area contributed by atoms with E-state index in [0.717, 1.165) is 11.3 Å². The Balaban J connectivity index is 2.14. The molecule has 17 heavy (non-hydrogen) atoms. The van der Waals surface area contributed by atoms with E-state index in [1.807, 2.05) is 43.4 Å². The summed E-state index contributed by atoms with van der Waals surface area (Å²) in [7, 11) is 0. The van der Waals surface area contributed by atoms with Crippen LogP contribution < -0.4 is 5.32 Å². The van der Waals surface area contributed by atoms with Crippen molar-refractivity contribution in [3.8, 4) is 0 Å². The van der Waals surface area contributed by atoms with Gasteiger partial charge in [0.2, 0.25) is 0 Å². The topological polar surface area (TPSA) is 29.1 Å². The van der Waals surface area contributed by atoms with Crippen LogP contribution in [0, 0.1) is 0 Å². The molecule has 0 saturated carbocycles. The van der Waals surface area contributed by atoms with E-state index in [2.05, 4.69) is 17.9 Å². The molecule has 1 aliphatic carbocycles. The van der Waals surface area contributed by atoms with E-state index < -0.39 is 5.54 Å². The molecule has 2 nitrogen and oxygen atoms in total. The van der Waals surface area contributed by atoms with Crippen LogP contribution in [-0.4, -0.2) is 11.4 Å². The second-order valence-electron chi connectivity index (χ2n) is 4.34. The standard InChI is InChI=1S/C14H15NOS/c1-14(10-6-5-9-12(14)17)15-13(16)11-7-3-2-4-8-11/h2-9,17H,10H2,1H3,(H,15,16). The maximum Gasteiger partial charge on any atom is 0.251 e. The van der Waals surface area contributed by atoms with Gasteiger partial charge in [0.15, 0.2) is 0 Å². The van der Waals surface area contributed by atoms with Crippen LogP contribution in [0.25, 0.3) is 0 Å². The fraction of sp³-hybridized carbons (Fsp3) is 0.214. The minimum atomic E-state index is -0.398. The molecule has 1 aliphatic rings. The van der Waals surface area contributed by atoms with Gasteiger partial charge in [-0.3, -0.25) is 4.79 Å². The summed E-state index contributed by atoms with van der Waals surface area (Å²) in [6.07, 6.45) is 6.67. The maximum absolute atomic E-state index is 12.1. The van der Waals surface area contributed by atoms with Crippen molar-refractivity contribution in [2.24, 2.45) is 0 Å². The highest BCUT2D eigenvalue weighted by atomic mass is 32.1. The number of hydrogen-bond acceptors (Lipinski definition) is 2. The molecule has 0 heterocycles. The predicted octanol–water partition coefficient (Wildman–Crippen LogP) is 2.95. The van der Waals surface area contributed by atoms with Crippen LogP contribution >= 0.6 is 12.6 Å². The lowest BCUT2D eigenvalue weighted by Gasteiger charge is -2.32. The molecule has 0 saturated heterocycles. The van der Waals surface area contributed by atoms with Gasteiger partial charge >= 0.3 is 0 Å². The molecule has 88 valence electrons. The first-order chi connectivity index (χ1) is 8.12. The Morgan fingerprint density at radius 1 is 1.35 bits per heavy atom. The highest BCUT2D eigenvalue weighted by Gasteiger charge is 2.29. The van der Waals surface area contributed by atoms with E-state index in [-0.39, 0.29) is 5.91 Å². The molecule has 0 spiro atoms. The van der Waals surface area contributed by atoms with Gasteiger partial charge in [0.05, 0.1) is 5.54 Å². The van der Waals surface area contributed by atoms with Crippen molar-refractivity contribution in [3.05, 3.63) is 59.0 Å². The van der Waals surface area contributed by atoms with E-state index in [1.54, 1.807) is 12.1 Å². The van der Waals surface area contributed by atoms with Gasteiger partial charge in [-0.05, 0) is 25.5 Å². The van der Waals surface area contributed by atoms with Gasteiger partial charge in [0, 0.05) is 10.5 Å². The van der Waals surface area contributed by atoms with Crippen LogP contribution in [0.5, 0.6) is 0 Å². The first-order valence-electron chi connectivity index (χ1n) is 5.56. The molecule has 0 fully saturated rings. The first kappa shape index (κ1) is 12.0. The van der Waals surface area contributed by atoms with E-state index in [4.69, 9.17) is 0 Å². The summed E-state index contributed by atoms with van der Waals surface area (Å²) in [5.41, 5.74) is 0.273. The fourth-order valence-electron chi connectivity index (χ4n) is 1.78. The molecule has 2 rings (SSSR count). The number of allylic oxidation sites excluding steroid dienone is 2. The number of amides is 1. The fourth-order valence-corrected chi connectivity index (χ4v) is 2.01. The molecule has 1 N–H and O–H groups in total. The minimum Gasteiger partial charge on any atom is -0.342 e. The zero-order valence-electron chi connectivity index (χ0n) is 9.68. The highest BCUT2D eigenvalue weighted by molar-refractivity contribution is 7.84. The van der Waals surface area contributed by atoms with Gasteiger partial charge in [0.1, 0.15) is 0 Å². The lowest BCUT2D eigenvalue weighted by molar-refractivity contribution is 0.0921. The predicted molar refractivity (Wildman–Crippen MR) is 73.1 cm³/mol. The summed E-state index contributed by atoms with van der Waals surface area (Å²) in [5.74, 6) is -0.0663. The second kappa shape index (κ2) is 4.80. The van der Waals surface area contributed by atoms with E-state index >= 15 is 0 Å². The Hall–Kier alpha value is -1.48. The molecule has 1 atom stereocenters. The quantitative estimate of drug-likeness (QED) is 0.771. The lowest BCUT2D eigenvalue weighted by atomic mass is 9.92. The number of benzene rings is 1. The monoisotopic (exact) mass is 245 g/mol. The molecule has 0 aromatic heterocycles. The van der Waals surface area contributed by atoms with Crippen molar-refractivity contribution in [2.75, 3.05) is 0 Å². The first-order valence-corrected chi connectivity index (χ1v) is 6.00. The summed E-state index contributed by atoms with van der Waals surface area (Å²) in [6, 6.07) is 9.22. The van der Waals surface area contributed by atoms with Crippen molar-refractivity contribution in [3.63, 3.8) is 0 Å². The summed E-state index contributed by atoms with van der Waals surface area (Å²) >= 11 is 4.42.